The van der Waals surface area contributed by atoms with Crippen molar-refractivity contribution >= 4 is 5.91 Å². The standard InChI is InChI=1S/C14H27N3O/c1-14(2)6-3-7-17(10-14)12(9-15)8-13(18)16-11-4-5-11/h11-12H,3-10,15H2,1-2H3,(H,16,18). The molecule has 2 rings (SSSR count). The molecule has 1 atom stereocenters. The molecule has 0 spiro atoms. The first kappa shape index (κ1) is 13.8. The maximum Gasteiger partial charge on any atom is 0.221 e. The molecule has 1 saturated heterocycles. The van der Waals surface area contributed by atoms with Crippen LogP contribution in [0.15, 0.2) is 0 Å². The Bertz CT molecular complexity index is 299. The number of carbonyl (C=O) groups is 1. The maximum atomic E-state index is 11.9. The van der Waals surface area contributed by atoms with Gasteiger partial charge in [-0.2, -0.15) is 0 Å². The first-order valence-corrected chi connectivity index (χ1v) is 7.24. The number of amides is 1. The van der Waals surface area contributed by atoms with Crippen molar-refractivity contribution in [2.45, 2.75) is 58.0 Å². The minimum Gasteiger partial charge on any atom is -0.353 e. The number of rotatable bonds is 5. The minimum atomic E-state index is 0.177. The molecule has 3 N–H and O–H groups in total. The number of nitrogens with one attached hydrogen (secondary N) is 1. The van der Waals surface area contributed by atoms with Crippen molar-refractivity contribution in [1.29, 1.82) is 0 Å². The molecule has 1 unspecified atom stereocenters. The highest BCUT2D eigenvalue weighted by molar-refractivity contribution is 5.77. The van der Waals surface area contributed by atoms with Crippen LogP contribution in [0.1, 0.15) is 46.0 Å². The zero-order valence-corrected chi connectivity index (χ0v) is 11.7. The van der Waals surface area contributed by atoms with Crippen molar-refractivity contribution in [1.82, 2.24) is 10.2 Å². The van der Waals surface area contributed by atoms with Gasteiger partial charge in [0.15, 0.2) is 0 Å². The molecule has 1 saturated carbocycles. The van der Waals surface area contributed by atoms with E-state index in [2.05, 4.69) is 24.1 Å². The lowest BCUT2D eigenvalue weighted by Gasteiger charge is -2.41. The van der Waals surface area contributed by atoms with Gasteiger partial charge in [-0.05, 0) is 37.6 Å². The summed E-state index contributed by atoms with van der Waals surface area (Å²) < 4.78 is 0. The van der Waals surface area contributed by atoms with Crippen LogP contribution in [-0.4, -0.2) is 42.5 Å². The zero-order chi connectivity index (χ0) is 13.2. The molecule has 0 bridgehead atoms. The van der Waals surface area contributed by atoms with E-state index in [-0.39, 0.29) is 11.9 Å². The summed E-state index contributed by atoms with van der Waals surface area (Å²) in [5.41, 5.74) is 6.23. The van der Waals surface area contributed by atoms with E-state index in [1.54, 1.807) is 0 Å². The summed E-state index contributed by atoms with van der Waals surface area (Å²) in [6.07, 6.45) is 5.34. The van der Waals surface area contributed by atoms with Crippen molar-refractivity contribution in [3.05, 3.63) is 0 Å². The summed E-state index contributed by atoms with van der Waals surface area (Å²) in [6, 6.07) is 0.664. The molecule has 0 aromatic carbocycles. The van der Waals surface area contributed by atoms with Crippen LogP contribution in [0, 0.1) is 5.41 Å². The van der Waals surface area contributed by atoms with Gasteiger partial charge < -0.3 is 11.1 Å². The lowest BCUT2D eigenvalue weighted by Crippen LogP contribution is -2.50. The molecule has 2 aliphatic rings. The summed E-state index contributed by atoms with van der Waals surface area (Å²) in [7, 11) is 0. The Hall–Kier alpha value is -0.610. The topological polar surface area (TPSA) is 58.4 Å². The number of carbonyl (C=O) groups excluding carboxylic acids is 1. The Labute approximate surface area is 110 Å². The highest BCUT2D eigenvalue weighted by atomic mass is 16.1. The molecule has 1 heterocycles. The third-order valence-corrected chi connectivity index (χ3v) is 4.08. The average Bonchev–Trinajstić information content (AvgIpc) is 3.08. The second-order valence-electron chi connectivity index (χ2n) is 6.67. The van der Waals surface area contributed by atoms with Gasteiger partial charge in [0.2, 0.25) is 5.91 Å². The van der Waals surface area contributed by atoms with Gasteiger partial charge in [0, 0.05) is 31.6 Å². The Morgan fingerprint density at radius 2 is 2.22 bits per heavy atom. The molecule has 1 amide bonds. The summed E-state index contributed by atoms with van der Waals surface area (Å²) in [5, 5.41) is 3.06. The van der Waals surface area contributed by atoms with E-state index in [4.69, 9.17) is 5.73 Å². The van der Waals surface area contributed by atoms with Gasteiger partial charge in [0.1, 0.15) is 0 Å². The van der Waals surface area contributed by atoms with Crippen molar-refractivity contribution < 1.29 is 4.79 Å². The van der Waals surface area contributed by atoms with Crippen LogP contribution in [0.5, 0.6) is 0 Å². The Balaban J connectivity index is 1.84. The Morgan fingerprint density at radius 1 is 1.50 bits per heavy atom. The van der Waals surface area contributed by atoms with E-state index >= 15 is 0 Å². The summed E-state index contributed by atoms with van der Waals surface area (Å²) >= 11 is 0. The van der Waals surface area contributed by atoms with E-state index in [9.17, 15) is 4.79 Å². The molecule has 0 aromatic rings. The molecule has 2 fully saturated rings. The minimum absolute atomic E-state index is 0.177. The predicted octanol–water partition coefficient (Wildman–Crippen LogP) is 1.10. The van der Waals surface area contributed by atoms with Gasteiger partial charge in [-0.25, -0.2) is 0 Å². The van der Waals surface area contributed by atoms with Crippen molar-refractivity contribution in [2.24, 2.45) is 11.1 Å². The Kier molecular flexibility index (Phi) is 4.28. The van der Waals surface area contributed by atoms with Crippen LogP contribution in [0.3, 0.4) is 0 Å². The largest absolute Gasteiger partial charge is 0.353 e. The molecule has 0 radical (unpaired) electrons. The first-order valence-electron chi connectivity index (χ1n) is 7.24. The fourth-order valence-electron chi connectivity index (χ4n) is 2.87. The molecule has 0 aromatic heterocycles. The molecule has 104 valence electrons. The van der Waals surface area contributed by atoms with E-state index in [0.29, 0.717) is 24.4 Å². The predicted molar refractivity (Wildman–Crippen MR) is 73.2 cm³/mol. The van der Waals surface area contributed by atoms with Crippen LogP contribution < -0.4 is 11.1 Å². The smallest absolute Gasteiger partial charge is 0.221 e. The Morgan fingerprint density at radius 3 is 2.78 bits per heavy atom. The van der Waals surface area contributed by atoms with E-state index in [0.717, 1.165) is 25.9 Å². The number of hydrogen-bond acceptors (Lipinski definition) is 3. The normalized spacial score (nSPS) is 25.7. The molecule has 1 aliphatic carbocycles. The van der Waals surface area contributed by atoms with Gasteiger partial charge in [-0.15, -0.1) is 0 Å². The van der Waals surface area contributed by atoms with Gasteiger partial charge in [-0.3, -0.25) is 9.69 Å². The molecule has 1 aliphatic heterocycles. The molecule has 18 heavy (non-hydrogen) atoms. The van der Waals surface area contributed by atoms with Gasteiger partial charge in [-0.1, -0.05) is 13.8 Å². The highest BCUT2D eigenvalue weighted by Gasteiger charge is 2.31. The number of nitrogens with two attached hydrogens (primary N) is 1. The van der Waals surface area contributed by atoms with Crippen LogP contribution in [0.2, 0.25) is 0 Å². The monoisotopic (exact) mass is 253 g/mol. The molecular weight excluding hydrogens is 226 g/mol. The fraction of sp³-hybridized carbons (Fsp3) is 0.929. The van der Waals surface area contributed by atoms with Crippen molar-refractivity contribution in [2.75, 3.05) is 19.6 Å². The summed E-state index contributed by atoms with van der Waals surface area (Å²) in [4.78, 5) is 14.3. The molecule has 4 heteroatoms. The second kappa shape index (κ2) is 5.57. The quantitative estimate of drug-likeness (QED) is 0.771. The molecule has 4 nitrogen and oxygen atoms in total. The van der Waals surface area contributed by atoms with Gasteiger partial charge in [0.05, 0.1) is 0 Å². The highest BCUT2D eigenvalue weighted by Crippen LogP contribution is 2.30. The SMILES string of the molecule is CC1(C)CCCN(C(CN)CC(=O)NC2CC2)C1. The van der Waals surface area contributed by atoms with Gasteiger partial charge in [0.25, 0.3) is 0 Å². The summed E-state index contributed by atoms with van der Waals surface area (Å²) in [6.45, 7) is 7.33. The van der Waals surface area contributed by atoms with Crippen LogP contribution in [0.4, 0.5) is 0 Å². The van der Waals surface area contributed by atoms with Crippen LogP contribution in [0.25, 0.3) is 0 Å². The zero-order valence-electron chi connectivity index (χ0n) is 11.7. The van der Waals surface area contributed by atoms with Gasteiger partial charge >= 0.3 is 0 Å². The van der Waals surface area contributed by atoms with E-state index < -0.39 is 0 Å². The van der Waals surface area contributed by atoms with Crippen LogP contribution in [-0.2, 0) is 4.79 Å². The lowest BCUT2D eigenvalue weighted by atomic mass is 9.83. The van der Waals surface area contributed by atoms with E-state index in [1.165, 1.54) is 12.8 Å². The third kappa shape index (κ3) is 3.95. The number of piperidine rings is 1. The van der Waals surface area contributed by atoms with Crippen molar-refractivity contribution in [3.8, 4) is 0 Å². The van der Waals surface area contributed by atoms with E-state index in [1.807, 2.05) is 0 Å². The third-order valence-electron chi connectivity index (χ3n) is 4.08. The molecular formula is C14H27N3O. The number of nitrogens with zero attached hydrogens (tertiary/aromatic N) is 1. The summed E-state index contributed by atoms with van der Waals surface area (Å²) in [5.74, 6) is 0.177. The average molecular weight is 253 g/mol. The second-order valence-corrected chi connectivity index (χ2v) is 6.67. The number of likely N-dealkylation sites (tertiary alicyclic amines) is 1. The lowest BCUT2D eigenvalue weighted by molar-refractivity contribution is -0.122. The first-order chi connectivity index (χ1) is 8.50. The number of hydrogen-bond donors (Lipinski definition) is 2. The maximum absolute atomic E-state index is 11.9. The van der Waals surface area contributed by atoms with Crippen LogP contribution >= 0.6 is 0 Å². The fourth-order valence-corrected chi connectivity index (χ4v) is 2.87. The van der Waals surface area contributed by atoms with Crippen molar-refractivity contribution in [3.63, 3.8) is 0 Å².